The Morgan fingerprint density at radius 1 is 1.36 bits per heavy atom. The number of anilines is 1. The van der Waals surface area contributed by atoms with Gasteiger partial charge in [0.15, 0.2) is 5.56 Å². The molecule has 0 fully saturated rings. The molecule has 2 rings (SSSR count). The molecule has 1 aromatic heterocycles. The smallest absolute Gasteiger partial charge is 0.253 e. The van der Waals surface area contributed by atoms with Crippen molar-refractivity contribution >= 4 is 5.82 Å². The van der Waals surface area contributed by atoms with Gasteiger partial charge in [0, 0.05) is 6.54 Å². The van der Waals surface area contributed by atoms with Crippen molar-refractivity contribution in [1.82, 2.24) is 9.78 Å². The number of rotatable bonds is 5. The van der Waals surface area contributed by atoms with Crippen LogP contribution in [-0.4, -0.2) is 9.78 Å². The molecule has 0 unspecified atom stereocenters. The van der Waals surface area contributed by atoms with Crippen LogP contribution in [0.25, 0.3) is 0 Å². The van der Waals surface area contributed by atoms with Gasteiger partial charge in [-0.15, -0.1) is 5.10 Å². The molecule has 1 aromatic carbocycles. The minimum Gasteiger partial charge on any atom is -0.471 e. The second-order valence-corrected chi connectivity index (χ2v) is 5.97. The monoisotopic (exact) mass is 298 g/mol. The molecule has 0 spiro atoms. The zero-order valence-corrected chi connectivity index (χ0v) is 13.6. The Bertz CT molecular complexity index is 710. The van der Waals surface area contributed by atoms with Crippen molar-refractivity contribution in [2.75, 3.05) is 5.73 Å². The number of nitrogens with zero attached hydrogens (tertiary/aromatic N) is 3. The number of nitrogens with two attached hydrogens (primary N) is 1. The second kappa shape index (κ2) is 6.52. The van der Waals surface area contributed by atoms with Gasteiger partial charge < -0.3 is 10.5 Å². The van der Waals surface area contributed by atoms with Gasteiger partial charge in [0.25, 0.3) is 5.88 Å². The van der Waals surface area contributed by atoms with Crippen LogP contribution < -0.4 is 10.5 Å². The summed E-state index contributed by atoms with van der Waals surface area (Å²) in [6, 6.07) is 8.29. The zero-order valence-electron chi connectivity index (χ0n) is 13.6. The third-order valence-electron chi connectivity index (χ3n) is 3.48. The molecule has 0 atom stereocenters. The molecule has 0 saturated heterocycles. The van der Waals surface area contributed by atoms with Crippen LogP contribution >= 0.6 is 0 Å². The summed E-state index contributed by atoms with van der Waals surface area (Å²) in [7, 11) is 0. The molecule has 5 nitrogen and oxygen atoms in total. The van der Waals surface area contributed by atoms with E-state index < -0.39 is 0 Å². The second-order valence-electron chi connectivity index (χ2n) is 5.97. The molecular formula is C17H22N4O. The molecule has 22 heavy (non-hydrogen) atoms. The largest absolute Gasteiger partial charge is 0.471 e. The number of hydrogen-bond donors (Lipinski definition) is 1. The van der Waals surface area contributed by atoms with Crippen LogP contribution in [-0.2, 0) is 13.2 Å². The normalized spacial score (nSPS) is 10.7. The summed E-state index contributed by atoms with van der Waals surface area (Å²) in [5, 5.41) is 13.6. The Hall–Kier alpha value is -2.48. The highest BCUT2D eigenvalue weighted by atomic mass is 16.5. The summed E-state index contributed by atoms with van der Waals surface area (Å²) < 4.78 is 7.40. The lowest BCUT2D eigenvalue weighted by Gasteiger charge is -2.08. The van der Waals surface area contributed by atoms with E-state index in [0.29, 0.717) is 36.3 Å². The van der Waals surface area contributed by atoms with Crippen LogP contribution in [0.5, 0.6) is 5.88 Å². The molecule has 0 aliphatic rings. The van der Waals surface area contributed by atoms with E-state index in [1.807, 2.05) is 13.8 Å². The number of benzene rings is 1. The van der Waals surface area contributed by atoms with Gasteiger partial charge >= 0.3 is 0 Å². The van der Waals surface area contributed by atoms with Gasteiger partial charge in [-0.3, -0.25) is 0 Å². The summed E-state index contributed by atoms with van der Waals surface area (Å²) in [5.41, 5.74) is 9.71. The topological polar surface area (TPSA) is 76.9 Å². The number of aryl methyl sites for hydroxylation is 2. The molecule has 0 aliphatic carbocycles. The van der Waals surface area contributed by atoms with Crippen LogP contribution in [0, 0.1) is 31.1 Å². The minimum absolute atomic E-state index is 0.307. The number of ether oxygens (including phenoxy) is 1. The molecule has 1 heterocycles. The molecule has 0 radical (unpaired) electrons. The van der Waals surface area contributed by atoms with Crippen molar-refractivity contribution in [2.45, 2.75) is 40.8 Å². The van der Waals surface area contributed by atoms with E-state index in [2.05, 4.69) is 43.2 Å². The van der Waals surface area contributed by atoms with Crippen LogP contribution in [0.3, 0.4) is 0 Å². The van der Waals surface area contributed by atoms with Gasteiger partial charge in [-0.2, -0.15) is 5.26 Å². The number of nitrogen functional groups attached to an aromatic ring is 1. The Balaban J connectivity index is 2.22. The van der Waals surface area contributed by atoms with Crippen LogP contribution in [0.15, 0.2) is 18.2 Å². The summed E-state index contributed by atoms with van der Waals surface area (Å²) in [6.07, 6.45) is 0. The molecule has 0 amide bonds. The fourth-order valence-electron chi connectivity index (χ4n) is 2.25. The summed E-state index contributed by atoms with van der Waals surface area (Å²) in [4.78, 5) is 0. The van der Waals surface area contributed by atoms with Crippen molar-refractivity contribution in [3.63, 3.8) is 0 Å². The van der Waals surface area contributed by atoms with E-state index >= 15 is 0 Å². The lowest BCUT2D eigenvalue weighted by atomic mass is 10.1. The average Bonchev–Trinajstić information content (AvgIpc) is 2.75. The minimum atomic E-state index is 0.307. The first-order chi connectivity index (χ1) is 10.4. The maximum Gasteiger partial charge on any atom is 0.253 e. The fourth-order valence-corrected chi connectivity index (χ4v) is 2.25. The molecule has 0 bridgehead atoms. The Labute approximate surface area is 131 Å². The van der Waals surface area contributed by atoms with Crippen molar-refractivity contribution in [3.05, 3.63) is 40.5 Å². The number of hydrogen-bond acceptors (Lipinski definition) is 4. The first kappa shape index (κ1) is 15.9. The predicted octanol–water partition coefficient (Wildman–Crippen LogP) is 3.19. The molecule has 5 heteroatoms. The van der Waals surface area contributed by atoms with Gasteiger partial charge in [0.2, 0.25) is 0 Å². The molecule has 0 aliphatic heterocycles. The van der Waals surface area contributed by atoms with E-state index in [4.69, 9.17) is 10.5 Å². The summed E-state index contributed by atoms with van der Waals surface area (Å²) >= 11 is 0. The van der Waals surface area contributed by atoms with Crippen molar-refractivity contribution in [1.29, 1.82) is 5.26 Å². The standard InChI is InChI=1S/C17H22N4O/c1-11(2)9-21-16(19)15(8-18)17(20-21)22-10-14-7-12(3)5-6-13(14)4/h5-7,11H,9-10,19H2,1-4H3. The third kappa shape index (κ3) is 3.40. The highest BCUT2D eigenvalue weighted by Crippen LogP contribution is 2.25. The first-order valence-electron chi connectivity index (χ1n) is 7.37. The molecular weight excluding hydrogens is 276 g/mol. The maximum atomic E-state index is 9.28. The Morgan fingerprint density at radius 2 is 2.09 bits per heavy atom. The number of nitriles is 1. The number of aromatic nitrogens is 2. The quantitative estimate of drug-likeness (QED) is 0.919. The van der Waals surface area contributed by atoms with Crippen LogP contribution in [0.1, 0.15) is 36.1 Å². The highest BCUT2D eigenvalue weighted by molar-refractivity contribution is 5.55. The van der Waals surface area contributed by atoms with E-state index in [0.717, 1.165) is 11.1 Å². The first-order valence-corrected chi connectivity index (χ1v) is 7.37. The van der Waals surface area contributed by atoms with Gasteiger partial charge in [-0.05, 0) is 30.9 Å². The van der Waals surface area contributed by atoms with Crippen molar-refractivity contribution in [3.8, 4) is 11.9 Å². The highest BCUT2D eigenvalue weighted by Gasteiger charge is 2.17. The predicted molar refractivity (Wildman–Crippen MR) is 86.4 cm³/mol. The van der Waals surface area contributed by atoms with E-state index in [-0.39, 0.29) is 0 Å². The lowest BCUT2D eigenvalue weighted by molar-refractivity contribution is 0.286. The van der Waals surface area contributed by atoms with Gasteiger partial charge in [0.1, 0.15) is 18.5 Å². The van der Waals surface area contributed by atoms with Crippen LogP contribution in [0.2, 0.25) is 0 Å². The SMILES string of the molecule is Cc1ccc(C)c(COc2nn(CC(C)C)c(N)c2C#N)c1. The van der Waals surface area contributed by atoms with Crippen molar-refractivity contribution in [2.24, 2.45) is 5.92 Å². The fraction of sp³-hybridized carbons (Fsp3) is 0.412. The zero-order chi connectivity index (χ0) is 16.3. The van der Waals surface area contributed by atoms with Gasteiger partial charge in [-0.25, -0.2) is 4.68 Å². The van der Waals surface area contributed by atoms with E-state index in [1.165, 1.54) is 5.56 Å². The van der Waals surface area contributed by atoms with Gasteiger partial charge in [-0.1, -0.05) is 37.6 Å². The molecule has 116 valence electrons. The third-order valence-corrected chi connectivity index (χ3v) is 3.48. The van der Waals surface area contributed by atoms with Crippen molar-refractivity contribution < 1.29 is 4.74 Å². The summed E-state index contributed by atoms with van der Waals surface area (Å²) in [5.74, 6) is 1.06. The van der Waals surface area contributed by atoms with Gasteiger partial charge in [0.05, 0.1) is 0 Å². The molecule has 2 aromatic rings. The van der Waals surface area contributed by atoms with E-state index in [1.54, 1.807) is 4.68 Å². The molecule has 2 N–H and O–H groups in total. The average molecular weight is 298 g/mol. The lowest BCUT2D eigenvalue weighted by Crippen LogP contribution is -2.09. The Morgan fingerprint density at radius 3 is 2.73 bits per heavy atom. The van der Waals surface area contributed by atoms with Crippen LogP contribution in [0.4, 0.5) is 5.82 Å². The molecule has 0 saturated carbocycles. The van der Waals surface area contributed by atoms with E-state index in [9.17, 15) is 5.26 Å². The maximum absolute atomic E-state index is 9.28. The Kier molecular flexibility index (Phi) is 4.71. The summed E-state index contributed by atoms with van der Waals surface area (Å²) in [6.45, 7) is 9.26.